The van der Waals surface area contributed by atoms with Crippen molar-refractivity contribution in [3.8, 4) is 17.4 Å². The molecule has 1 saturated heterocycles. The molecule has 1 atom stereocenters. The van der Waals surface area contributed by atoms with Crippen molar-refractivity contribution in [3.05, 3.63) is 42.1 Å². The van der Waals surface area contributed by atoms with Gasteiger partial charge < -0.3 is 14.4 Å². The van der Waals surface area contributed by atoms with Crippen LogP contribution in [0.25, 0.3) is 0 Å². The number of nitrogens with one attached hydrogen (secondary N) is 1. The molecular weight excluding hydrogens is 314 g/mol. The summed E-state index contributed by atoms with van der Waals surface area (Å²) in [6.07, 6.45) is 3.03. The van der Waals surface area contributed by atoms with Crippen molar-refractivity contribution in [2.24, 2.45) is 0 Å². The molecule has 0 bridgehead atoms. The molecule has 4 rings (SSSR count). The van der Waals surface area contributed by atoms with E-state index in [0.29, 0.717) is 18.5 Å². The van der Waals surface area contributed by atoms with Gasteiger partial charge in [-0.25, -0.2) is 4.98 Å². The molecule has 1 aromatic heterocycles. The Bertz CT molecular complexity index is 758. The van der Waals surface area contributed by atoms with E-state index < -0.39 is 0 Å². The fourth-order valence-corrected chi connectivity index (χ4v) is 3.41. The van der Waals surface area contributed by atoms with Crippen LogP contribution in [0.1, 0.15) is 32.8 Å². The van der Waals surface area contributed by atoms with Crippen LogP contribution in [0, 0.1) is 0 Å². The Morgan fingerprint density at radius 1 is 1.32 bits per heavy atom. The van der Waals surface area contributed by atoms with E-state index in [2.05, 4.69) is 48.1 Å². The molecule has 0 spiro atoms. The molecule has 1 N–H and O–H groups in total. The summed E-state index contributed by atoms with van der Waals surface area (Å²) in [6.45, 7) is 9.19. The van der Waals surface area contributed by atoms with E-state index in [0.717, 1.165) is 36.8 Å². The minimum absolute atomic E-state index is 0.0184. The van der Waals surface area contributed by atoms with E-state index in [1.165, 1.54) is 5.56 Å². The highest BCUT2D eigenvalue weighted by molar-refractivity contribution is 5.49. The summed E-state index contributed by atoms with van der Waals surface area (Å²) in [6, 6.07) is 10.5. The predicted octanol–water partition coefficient (Wildman–Crippen LogP) is 3.69. The van der Waals surface area contributed by atoms with Crippen molar-refractivity contribution in [1.82, 2.24) is 10.3 Å². The second-order valence-electron chi connectivity index (χ2n) is 7.48. The molecule has 2 aromatic rings. The zero-order chi connectivity index (χ0) is 17.4. The van der Waals surface area contributed by atoms with E-state index in [-0.39, 0.29) is 5.41 Å². The number of hydrogen-bond donors (Lipinski definition) is 1. The smallest absolute Gasteiger partial charge is 0.219 e. The highest BCUT2D eigenvalue weighted by atomic mass is 16.5. The van der Waals surface area contributed by atoms with Gasteiger partial charge >= 0.3 is 0 Å². The Balaban J connectivity index is 1.47. The lowest BCUT2D eigenvalue weighted by atomic mass is 9.87. The standard InChI is InChI=1S/C20H25N3O2/c1-4-14-11-23(13-22-14)15-5-8-19(21-10-15)25-16-6-7-18-17(9-16)20(2,3)12-24-18/h5-10,14,22H,4,11-13H2,1-3H3/t14-/m1/s1. The molecule has 0 aliphatic carbocycles. The molecule has 0 radical (unpaired) electrons. The number of benzene rings is 1. The molecule has 2 aliphatic rings. The molecular formula is C20H25N3O2. The monoisotopic (exact) mass is 339 g/mol. The number of pyridine rings is 1. The molecule has 5 nitrogen and oxygen atoms in total. The van der Waals surface area contributed by atoms with Crippen LogP contribution in [0.5, 0.6) is 17.4 Å². The van der Waals surface area contributed by atoms with Crippen molar-refractivity contribution >= 4 is 5.69 Å². The SMILES string of the molecule is CC[C@@H]1CN(c2ccc(Oc3ccc4c(c3)C(C)(C)CO4)nc2)CN1. The summed E-state index contributed by atoms with van der Waals surface area (Å²) in [7, 11) is 0. The van der Waals surface area contributed by atoms with Gasteiger partial charge in [-0.15, -0.1) is 0 Å². The van der Waals surface area contributed by atoms with Gasteiger partial charge in [-0.2, -0.15) is 0 Å². The van der Waals surface area contributed by atoms with Crippen LogP contribution >= 0.6 is 0 Å². The maximum Gasteiger partial charge on any atom is 0.219 e. The number of fused-ring (bicyclic) bond motifs is 1. The third kappa shape index (κ3) is 3.16. The van der Waals surface area contributed by atoms with Gasteiger partial charge in [0, 0.05) is 29.6 Å². The van der Waals surface area contributed by atoms with E-state index in [4.69, 9.17) is 9.47 Å². The zero-order valence-corrected chi connectivity index (χ0v) is 15.1. The first-order chi connectivity index (χ1) is 12.0. The fraction of sp³-hybridized carbons (Fsp3) is 0.450. The number of hydrogen-bond acceptors (Lipinski definition) is 5. The largest absolute Gasteiger partial charge is 0.492 e. The Morgan fingerprint density at radius 3 is 2.92 bits per heavy atom. The van der Waals surface area contributed by atoms with Crippen molar-refractivity contribution in [3.63, 3.8) is 0 Å². The minimum Gasteiger partial charge on any atom is -0.492 e. The number of rotatable bonds is 4. The van der Waals surface area contributed by atoms with Crippen LogP contribution in [0.4, 0.5) is 5.69 Å². The molecule has 132 valence electrons. The van der Waals surface area contributed by atoms with Crippen molar-refractivity contribution < 1.29 is 9.47 Å². The summed E-state index contributed by atoms with van der Waals surface area (Å²) in [5.41, 5.74) is 2.33. The van der Waals surface area contributed by atoms with Crippen LogP contribution in [0.2, 0.25) is 0 Å². The van der Waals surface area contributed by atoms with E-state index in [9.17, 15) is 0 Å². The van der Waals surface area contributed by atoms with Crippen LogP contribution < -0.4 is 19.7 Å². The lowest BCUT2D eigenvalue weighted by molar-refractivity contribution is 0.291. The number of anilines is 1. The quantitative estimate of drug-likeness (QED) is 0.920. The van der Waals surface area contributed by atoms with Crippen LogP contribution in [0.3, 0.4) is 0 Å². The summed E-state index contributed by atoms with van der Waals surface area (Å²) in [5.74, 6) is 2.36. The number of ether oxygens (including phenoxy) is 2. The van der Waals surface area contributed by atoms with Gasteiger partial charge in [0.25, 0.3) is 0 Å². The summed E-state index contributed by atoms with van der Waals surface area (Å²) < 4.78 is 11.7. The highest BCUT2D eigenvalue weighted by Gasteiger charge is 2.32. The second-order valence-corrected chi connectivity index (χ2v) is 7.48. The Labute approximate surface area is 149 Å². The third-order valence-electron chi connectivity index (χ3n) is 5.08. The average molecular weight is 339 g/mol. The van der Waals surface area contributed by atoms with Gasteiger partial charge in [-0.1, -0.05) is 20.8 Å². The van der Waals surface area contributed by atoms with Gasteiger partial charge in [0.15, 0.2) is 0 Å². The topological polar surface area (TPSA) is 46.6 Å². The number of aromatic nitrogens is 1. The molecule has 5 heteroatoms. The molecule has 1 aromatic carbocycles. The van der Waals surface area contributed by atoms with E-state index in [1.54, 1.807) is 0 Å². The van der Waals surface area contributed by atoms with Gasteiger partial charge in [-0.3, -0.25) is 5.32 Å². The van der Waals surface area contributed by atoms with Gasteiger partial charge in [0.2, 0.25) is 5.88 Å². The lowest BCUT2D eigenvalue weighted by Crippen LogP contribution is -2.21. The first-order valence-corrected chi connectivity index (χ1v) is 8.95. The van der Waals surface area contributed by atoms with E-state index in [1.807, 2.05) is 24.4 Å². The predicted molar refractivity (Wildman–Crippen MR) is 98.7 cm³/mol. The highest BCUT2D eigenvalue weighted by Crippen LogP contribution is 2.40. The van der Waals surface area contributed by atoms with Crippen molar-refractivity contribution in [2.75, 3.05) is 24.7 Å². The van der Waals surface area contributed by atoms with Crippen LogP contribution in [-0.2, 0) is 5.41 Å². The van der Waals surface area contributed by atoms with Crippen molar-refractivity contribution in [1.29, 1.82) is 0 Å². The molecule has 0 unspecified atom stereocenters. The third-order valence-corrected chi connectivity index (χ3v) is 5.08. The molecule has 3 heterocycles. The van der Waals surface area contributed by atoms with Crippen LogP contribution in [-0.4, -0.2) is 30.8 Å². The Kier molecular flexibility index (Phi) is 4.04. The zero-order valence-electron chi connectivity index (χ0n) is 15.1. The molecule has 2 aliphatic heterocycles. The molecule has 25 heavy (non-hydrogen) atoms. The maximum absolute atomic E-state index is 5.96. The Hall–Kier alpha value is -2.27. The average Bonchev–Trinajstić information content (AvgIpc) is 3.21. The van der Waals surface area contributed by atoms with E-state index >= 15 is 0 Å². The second kappa shape index (κ2) is 6.23. The van der Waals surface area contributed by atoms with Gasteiger partial charge in [-0.05, 0) is 30.7 Å². The maximum atomic E-state index is 5.96. The van der Waals surface area contributed by atoms with Gasteiger partial charge in [0.1, 0.15) is 11.5 Å². The summed E-state index contributed by atoms with van der Waals surface area (Å²) in [5, 5.41) is 3.50. The Morgan fingerprint density at radius 2 is 2.20 bits per heavy atom. The molecule has 1 fully saturated rings. The van der Waals surface area contributed by atoms with Crippen LogP contribution in [0.15, 0.2) is 36.5 Å². The first-order valence-electron chi connectivity index (χ1n) is 8.95. The van der Waals surface area contributed by atoms with Crippen molar-refractivity contribution in [2.45, 2.75) is 38.6 Å². The number of nitrogens with zero attached hydrogens (tertiary/aromatic N) is 2. The fourth-order valence-electron chi connectivity index (χ4n) is 3.41. The lowest BCUT2D eigenvalue weighted by Gasteiger charge is -2.17. The van der Waals surface area contributed by atoms with Gasteiger partial charge in [0.05, 0.1) is 25.2 Å². The minimum atomic E-state index is 0.0184. The summed E-state index contributed by atoms with van der Waals surface area (Å²) in [4.78, 5) is 6.78. The molecule has 0 saturated carbocycles. The first kappa shape index (κ1) is 16.2. The summed E-state index contributed by atoms with van der Waals surface area (Å²) >= 11 is 0. The normalized spacial score (nSPS) is 21.1. The molecule has 0 amide bonds.